The highest BCUT2D eigenvalue weighted by Gasteiger charge is 2.17. The number of nitrogens with one attached hydrogen (secondary N) is 2. The third-order valence-corrected chi connectivity index (χ3v) is 6.46. The van der Waals surface area contributed by atoms with Gasteiger partial charge in [-0.05, 0) is 54.8 Å². The first-order valence-electron chi connectivity index (χ1n) is 9.57. The molecule has 0 heterocycles. The number of benzene rings is 3. The van der Waals surface area contributed by atoms with Gasteiger partial charge in [0.1, 0.15) is 0 Å². The van der Waals surface area contributed by atoms with E-state index in [1.165, 1.54) is 35.9 Å². The molecular formula is C23H23ClN2O3S. The Morgan fingerprint density at radius 3 is 2.27 bits per heavy atom. The molecule has 30 heavy (non-hydrogen) atoms. The highest BCUT2D eigenvalue weighted by Crippen LogP contribution is 2.24. The fourth-order valence-electron chi connectivity index (χ4n) is 2.98. The monoisotopic (exact) mass is 442 g/mol. The van der Waals surface area contributed by atoms with E-state index in [-0.39, 0.29) is 33.1 Å². The van der Waals surface area contributed by atoms with Crippen LogP contribution in [0, 0.1) is 0 Å². The Labute approximate surface area is 182 Å². The molecular weight excluding hydrogens is 420 g/mol. The van der Waals surface area contributed by atoms with E-state index in [0.29, 0.717) is 0 Å². The van der Waals surface area contributed by atoms with Crippen LogP contribution in [0.2, 0.25) is 5.02 Å². The van der Waals surface area contributed by atoms with Crippen molar-refractivity contribution in [1.29, 1.82) is 0 Å². The molecule has 0 fully saturated rings. The molecule has 3 aromatic rings. The van der Waals surface area contributed by atoms with Crippen LogP contribution in [-0.4, -0.2) is 14.3 Å². The third-order valence-electron chi connectivity index (χ3n) is 4.76. The van der Waals surface area contributed by atoms with Crippen LogP contribution < -0.4 is 10.0 Å². The number of halogens is 1. The summed E-state index contributed by atoms with van der Waals surface area (Å²) in [4.78, 5) is 12.8. The van der Waals surface area contributed by atoms with E-state index in [4.69, 9.17) is 11.6 Å². The molecule has 7 heteroatoms. The van der Waals surface area contributed by atoms with Crippen molar-refractivity contribution in [2.24, 2.45) is 0 Å². The average molecular weight is 443 g/mol. The van der Waals surface area contributed by atoms with Gasteiger partial charge in [-0.2, -0.15) is 0 Å². The van der Waals surface area contributed by atoms with Gasteiger partial charge in [0.15, 0.2) is 0 Å². The van der Waals surface area contributed by atoms with E-state index >= 15 is 0 Å². The molecule has 156 valence electrons. The molecule has 0 saturated carbocycles. The molecule has 0 radical (unpaired) electrons. The van der Waals surface area contributed by atoms with E-state index in [1.807, 2.05) is 31.2 Å². The molecule has 0 unspecified atom stereocenters. The molecule has 1 atom stereocenters. The van der Waals surface area contributed by atoms with Crippen LogP contribution in [0.4, 0.5) is 5.69 Å². The molecule has 5 nitrogen and oxygen atoms in total. The summed E-state index contributed by atoms with van der Waals surface area (Å²) in [7, 11) is -3.73. The lowest BCUT2D eigenvalue weighted by molar-refractivity contribution is 0.0940. The zero-order chi connectivity index (χ0) is 21.7. The summed E-state index contributed by atoms with van der Waals surface area (Å²) >= 11 is 6.27. The molecule has 3 aromatic carbocycles. The minimum atomic E-state index is -3.73. The summed E-state index contributed by atoms with van der Waals surface area (Å²) in [6.45, 7) is 3.99. The summed E-state index contributed by atoms with van der Waals surface area (Å²) in [5.41, 5.74) is 2.78. The van der Waals surface area contributed by atoms with Crippen LogP contribution in [0.3, 0.4) is 0 Å². The molecule has 3 rings (SSSR count). The second-order valence-corrected chi connectivity index (χ2v) is 8.99. The molecule has 2 N–H and O–H groups in total. The van der Waals surface area contributed by atoms with Gasteiger partial charge in [0, 0.05) is 0 Å². The highest BCUT2D eigenvalue weighted by molar-refractivity contribution is 7.92. The van der Waals surface area contributed by atoms with Gasteiger partial charge in [-0.3, -0.25) is 9.52 Å². The van der Waals surface area contributed by atoms with Crippen LogP contribution in [0.5, 0.6) is 0 Å². The van der Waals surface area contributed by atoms with Crippen molar-refractivity contribution >= 4 is 33.2 Å². The zero-order valence-electron chi connectivity index (χ0n) is 16.7. The quantitative estimate of drug-likeness (QED) is 0.528. The molecule has 0 aliphatic carbocycles. The normalized spacial score (nSPS) is 12.2. The Morgan fingerprint density at radius 2 is 1.67 bits per heavy atom. The maximum atomic E-state index is 12.7. The van der Waals surface area contributed by atoms with Crippen LogP contribution in [0.25, 0.3) is 0 Å². The number of carbonyl (C=O) groups excluding carboxylic acids is 1. The van der Waals surface area contributed by atoms with Crippen LogP contribution in [0.1, 0.15) is 41.4 Å². The minimum Gasteiger partial charge on any atom is -0.345 e. The van der Waals surface area contributed by atoms with Crippen LogP contribution in [0.15, 0.2) is 77.7 Å². The molecule has 0 spiro atoms. The molecule has 0 saturated heterocycles. The number of amides is 1. The Hall–Kier alpha value is -2.83. The van der Waals surface area contributed by atoms with Crippen molar-refractivity contribution in [3.8, 4) is 0 Å². The van der Waals surface area contributed by atoms with Crippen molar-refractivity contribution < 1.29 is 13.2 Å². The predicted molar refractivity (Wildman–Crippen MR) is 120 cm³/mol. The Balaban J connectivity index is 1.72. The van der Waals surface area contributed by atoms with Gasteiger partial charge >= 0.3 is 0 Å². The van der Waals surface area contributed by atoms with Crippen molar-refractivity contribution in [2.75, 3.05) is 4.72 Å². The van der Waals surface area contributed by atoms with Crippen LogP contribution in [-0.2, 0) is 16.4 Å². The highest BCUT2D eigenvalue weighted by atomic mass is 35.5. The Kier molecular flexibility index (Phi) is 6.80. The number of anilines is 1. The number of carbonyl (C=O) groups is 1. The summed E-state index contributed by atoms with van der Waals surface area (Å²) in [5, 5.41) is 3.08. The lowest BCUT2D eigenvalue weighted by Gasteiger charge is -2.16. The summed E-state index contributed by atoms with van der Waals surface area (Å²) in [5.74, 6) is -0.329. The van der Waals surface area contributed by atoms with Crippen molar-refractivity contribution in [3.63, 3.8) is 0 Å². The zero-order valence-corrected chi connectivity index (χ0v) is 18.3. The average Bonchev–Trinajstić information content (AvgIpc) is 2.74. The van der Waals surface area contributed by atoms with Gasteiger partial charge in [-0.1, -0.05) is 61.0 Å². The third kappa shape index (κ3) is 5.20. The van der Waals surface area contributed by atoms with E-state index in [9.17, 15) is 13.2 Å². The Bertz CT molecular complexity index is 1130. The fraction of sp³-hybridized carbons (Fsp3) is 0.174. The fourth-order valence-corrected chi connectivity index (χ4v) is 4.31. The topological polar surface area (TPSA) is 75.3 Å². The number of hydrogen-bond donors (Lipinski definition) is 2. The van der Waals surface area contributed by atoms with Gasteiger partial charge in [0.05, 0.1) is 27.2 Å². The van der Waals surface area contributed by atoms with Gasteiger partial charge in [0.2, 0.25) is 0 Å². The number of sulfonamides is 1. The first kappa shape index (κ1) is 21.9. The first-order valence-corrected chi connectivity index (χ1v) is 11.4. The molecule has 0 bridgehead atoms. The van der Waals surface area contributed by atoms with E-state index in [2.05, 4.69) is 17.0 Å². The second-order valence-electron chi connectivity index (χ2n) is 6.90. The van der Waals surface area contributed by atoms with E-state index in [1.54, 1.807) is 18.2 Å². The second kappa shape index (κ2) is 9.32. The summed E-state index contributed by atoms with van der Waals surface area (Å²) < 4.78 is 27.4. The van der Waals surface area contributed by atoms with Crippen LogP contribution >= 0.6 is 11.6 Å². The van der Waals surface area contributed by atoms with Gasteiger partial charge in [-0.15, -0.1) is 0 Å². The van der Waals surface area contributed by atoms with E-state index in [0.717, 1.165) is 12.0 Å². The number of rotatable bonds is 7. The largest absolute Gasteiger partial charge is 0.345 e. The lowest BCUT2D eigenvalue weighted by Crippen LogP contribution is -2.27. The summed E-state index contributed by atoms with van der Waals surface area (Å²) in [6, 6.07) is 20.3. The number of aryl methyl sites for hydroxylation is 1. The van der Waals surface area contributed by atoms with Gasteiger partial charge < -0.3 is 5.32 Å². The van der Waals surface area contributed by atoms with Crippen molar-refractivity contribution in [1.82, 2.24) is 5.32 Å². The minimum absolute atomic E-state index is 0.144. The maximum absolute atomic E-state index is 12.7. The lowest BCUT2D eigenvalue weighted by atomic mass is 10.0. The molecule has 1 amide bonds. The Morgan fingerprint density at radius 1 is 1.00 bits per heavy atom. The van der Waals surface area contributed by atoms with Gasteiger partial charge in [0.25, 0.3) is 15.9 Å². The SMILES string of the molecule is CCc1ccc([C@H](C)NC(=O)c2ccc(NS(=O)(=O)c3ccccc3)cc2Cl)cc1. The number of hydrogen-bond acceptors (Lipinski definition) is 3. The van der Waals surface area contributed by atoms with Gasteiger partial charge in [-0.25, -0.2) is 8.42 Å². The molecule has 0 aromatic heterocycles. The standard InChI is InChI=1S/C23H23ClN2O3S/c1-3-17-9-11-18(12-10-17)16(2)25-23(27)21-14-13-19(15-22(21)24)26-30(28,29)20-7-5-4-6-8-20/h4-16,26H,3H2,1-2H3,(H,25,27)/t16-/m0/s1. The maximum Gasteiger partial charge on any atom is 0.261 e. The summed E-state index contributed by atoms with van der Waals surface area (Å²) in [6.07, 6.45) is 0.955. The molecule has 0 aliphatic rings. The van der Waals surface area contributed by atoms with E-state index < -0.39 is 10.0 Å². The van der Waals surface area contributed by atoms with Crippen molar-refractivity contribution in [3.05, 3.63) is 94.5 Å². The predicted octanol–water partition coefficient (Wildman–Crippen LogP) is 5.19. The smallest absolute Gasteiger partial charge is 0.261 e. The van der Waals surface area contributed by atoms with Crippen molar-refractivity contribution in [2.45, 2.75) is 31.2 Å². The first-order chi connectivity index (χ1) is 14.3. The molecule has 0 aliphatic heterocycles.